The van der Waals surface area contributed by atoms with Crippen molar-refractivity contribution in [3.8, 4) is 10.6 Å². The van der Waals surface area contributed by atoms with Gasteiger partial charge in [-0.2, -0.15) is 0 Å². The number of hydrogen-bond donors (Lipinski definition) is 1. The van der Waals surface area contributed by atoms with Gasteiger partial charge < -0.3 is 14.5 Å². The van der Waals surface area contributed by atoms with E-state index in [0.717, 1.165) is 63.8 Å². The van der Waals surface area contributed by atoms with E-state index in [1.54, 1.807) is 18.4 Å². The Kier molecular flexibility index (Phi) is 5.89. The number of aryl methyl sites for hydroxylation is 1. The zero-order valence-electron chi connectivity index (χ0n) is 17.9. The highest BCUT2D eigenvalue weighted by Gasteiger charge is 2.29. The average molecular weight is 426 g/mol. The number of aromatic nitrogens is 2. The standard InChI is InChI=1S/C24H31N3O2S/c1-15(28-2)19-7-8-20(24-25-10-11-30-24)23-22(19)27-21(29-23)9-6-16-4-3-5-17-13-18(12-16)26-14-17/h7-8,10-11,15-18,26H,3-6,9,12-14H2,1-2H3. The maximum atomic E-state index is 6.35. The number of nitrogens with one attached hydrogen (secondary N) is 1. The molecule has 2 aromatic heterocycles. The van der Waals surface area contributed by atoms with Gasteiger partial charge in [-0.1, -0.05) is 18.9 Å². The number of hydrogen-bond acceptors (Lipinski definition) is 6. The van der Waals surface area contributed by atoms with Crippen LogP contribution in [0.15, 0.2) is 28.1 Å². The highest BCUT2D eigenvalue weighted by molar-refractivity contribution is 7.13. The van der Waals surface area contributed by atoms with E-state index < -0.39 is 0 Å². The summed E-state index contributed by atoms with van der Waals surface area (Å²) in [4.78, 5) is 9.43. The molecule has 160 valence electrons. The van der Waals surface area contributed by atoms with E-state index in [9.17, 15) is 0 Å². The van der Waals surface area contributed by atoms with Crippen molar-refractivity contribution in [3.63, 3.8) is 0 Å². The van der Waals surface area contributed by atoms with E-state index in [2.05, 4.69) is 29.4 Å². The van der Waals surface area contributed by atoms with Crippen LogP contribution in [-0.2, 0) is 11.2 Å². The summed E-state index contributed by atoms with van der Waals surface area (Å²) in [5.41, 5.74) is 3.87. The lowest BCUT2D eigenvalue weighted by Crippen LogP contribution is -2.24. The third-order valence-corrected chi connectivity index (χ3v) is 7.80. The first kappa shape index (κ1) is 20.2. The lowest BCUT2D eigenvalue weighted by atomic mass is 9.84. The van der Waals surface area contributed by atoms with Crippen LogP contribution in [0.3, 0.4) is 0 Å². The molecular weight excluding hydrogens is 394 g/mol. The van der Waals surface area contributed by atoms with Crippen LogP contribution in [0.25, 0.3) is 21.7 Å². The molecule has 5 rings (SSSR count). The zero-order chi connectivity index (χ0) is 20.5. The molecule has 0 amide bonds. The smallest absolute Gasteiger partial charge is 0.195 e. The molecule has 2 fully saturated rings. The third-order valence-electron chi connectivity index (χ3n) is 7.00. The van der Waals surface area contributed by atoms with E-state index >= 15 is 0 Å². The summed E-state index contributed by atoms with van der Waals surface area (Å²) in [5.74, 6) is 2.52. The van der Waals surface area contributed by atoms with E-state index in [-0.39, 0.29) is 6.10 Å². The molecule has 4 unspecified atom stereocenters. The Morgan fingerprint density at radius 1 is 1.30 bits per heavy atom. The second-order valence-corrected chi connectivity index (χ2v) is 9.88. The topological polar surface area (TPSA) is 60.2 Å². The van der Waals surface area contributed by atoms with Crippen molar-refractivity contribution in [2.24, 2.45) is 11.8 Å². The zero-order valence-corrected chi connectivity index (χ0v) is 18.7. The summed E-state index contributed by atoms with van der Waals surface area (Å²) in [5, 5.41) is 6.71. The van der Waals surface area contributed by atoms with Gasteiger partial charge in [0, 0.05) is 36.7 Å². The van der Waals surface area contributed by atoms with Crippen LogP contribution in [-0.4, -0.2) is 29.7 Å². The Hall–Kier alpha value is -1.76. The lowest BCUT2D eigenvalue weighted by molar-refractivity contribution is 0.120. The van der Waals surface area contributed by atoms with Crippen molar-refractivity contribution in [2.45, 2.75) is 64.0 Å². The number of rotatable bonds is 6. The molecule has 1 aliphatic heterocycles. The van der Waals surface area contributed by atoms with Crippen LogP contribution in [0, 0.1) is 11.8 Å². The summed E-state index contributed by atoms with van der Waals surface area (Å²) >= 11 is 1.63. The molecule has 0 radical (unpaired) electrons. The summed E-state index contributed by atoms with van der Waals surface area (Å²) in [7, 11) is 1.74. The number of nitrogens with zero attached hydrogens (tertiary/aromatic N) is 2. The van der Waals surface area contributed by atoms with Gasteiger partial charge in [0.15, 0.2) is 11.5 Å². The fourth-order valence-electron chi connectivity index (χ4n) is 5.26. The fraction of sp³-hybridized carbons (Fsp3) is 0.583. The van der Waals surface area contributed by atoms with Crippen molar-refractivity contribution < 1.29 is 9.15 Å². The number of thiazole rings is 1. The summed E-state index contributed by atoms with van der Waals surface area (Å²) < 4.78 is 11.9. The second-order valence-electron chi connectivity index (χ2n) is 8.98. The quantitative estimate of drug-likeness (QED) is 0.544. The normalized spacial score (nSPS) is 25.3. The number of ether oxygens (including phenoxy) is 1. The summed E-state index contributed by atoms with van der Waals surface area (Å²) in [6.07, 6.45) is 10.6. The Morgan fingerprint density at radius 2 is 2.23 bits per heavy atom. The largest absolute Gasteiger partial charge is 0.440 e. The Labute approximate surface area is 182 Å². The van der Waals surface area contributed by atoms with Crippen molar-refractivity contribution in [1.82, 2.24) is 15.3 Å². The molecule has 2 aliphatic rings. The van der Waals surface area contributed by atoms with Crippen LogP contribution in [0.2, 0.25) is 0 Å². The molecule has 30 heavy (non-hydrogen) atoms. The number of oxazole rings is 1. The maximum absolute atomic E-state index is 6.35. The van der Waals surface area contributed by atoms with E-state index in [4.69, 9.17) is 14.1 Å². The SMILES string of the molecule is COC(C)c1ccc(-c2nccs2)c2oc(CCC3CCCC4CNC(C3)C4)nc12. The van der Waals surface area contributed by atoms with Crippen molar-refractivity contribution in [3.05, 3.63) is 35.2 Å². The Morgan fingerprint density at radius 3 is 3.07 bits per heavy atom. The second kappa shape index (κ2) is 8.77. The number of benzene rings is 1. The molecule has 6 heteroatoms. The predicted molar refractivity (Wildman–Crippen MR) is 121 cm³/mol. The van der Waals surface area contributed by atoms with E-state index in [1.807, 2.05) is 11.6 Å². The van der Waals surface area contributed by atoms with Gasteiger partial charge in [0.1, 0.15) is 10.5 Å². The molecule has 1 aliphatic carbocycles. The first-order chi connectivity index (χ1) is 14.7. The van der Waals surface area contributed by atoms with Crippen molar-refractivity contribution in [2.75, 3.05) is 13.7 Å². The molecular formula is C24H31N3O2S. The molecule has 3 aromatic rings. The van der Waals surface area contributed by atoms with Crippen molar-refractivity contribution in [1.29, 1.82) is 0 Å². The van der Waals surface area contributed by atoms with Gasteiger partial charge in [0.2, 0.25) is 0 Å². The Bertz CT molecular complexity index is 984. The van der Waals surface area contributed by atoms with Crippen LogP contribution in [0.5, 0.6) is 0 Å². The van der Waals surface area contributed by atoms with Crippen LogP contribution >= 0.6 is 11.3 Å². The van der Waals surface area contributed by atoms with Crippen LogP contribution in [0.4, 0.5) is 0 Å². The van der Waals surface area contributed by atoms with Crippen LogP contribution < -0.4 is 5.32 Å². The van der Waals surface area contributed by atoms with Gasteiger partial charge in [0.25, 0.3) is 0 Å². The van der Waals surface area contributed by atoms with Gasteiger partial charge in [0.05, 0.1) is 11.7 Å². The monoisotopic (exact) mass is 425 g/mol. The summed E-state index contributed by atoms with van der Waals surface area (Å²) in [6.45, 7) is 3.28. The molecule has 1 saturated carbocycles. The molecule has 4 atom stereocenters. The van der Waals surface area contributed by atoms with Gasteiger partial charge in [-0.15, -0.1) is 11.3 Å². The number of fused-ring (bicyclic) bond motifs is 3. The summed E-state index contributed by atoms with van der Waals surface area (Å²) in [6, 6.07) is 4.92. The minimum Gasteiger partial charge on any atom is -0.440 e. The molecule has 1 N–H and O–H groups in total. The Balaban J connectivity index is 1.39. The third kappa shape index (κ3) is 4.05. The average Bonchev–Trinajstić information content (AvgIpc) is 3.50. The van der Waals surface area contributed by atoms with E-state index in [1.165, 1.54) is 38.6 Å². The maximum Gasteiger partial charge on any atom is 0.195 e. The highest BCUT2D eigenvalue weighted by atomic mass is 32.1. The van der Waals surface area contributed by atoms with Gasteiger partial charge >= 0.3 is 0 Å². The van der Waals surface area contributed by atoms with Crippen molar-refractivity contribution >= 4 is 22.4 Å². The molecule has 2 bridgehead atoms. The fourth-order valence-corrected chi connectivity index (χ4v) is 5.92. The van der Waals surface area contributed by atoms with E-state index in [0.29, 0.717) is 0 Å². The van der Waals surface area contributed by atoms with Crippen LogP contribution in [0.1, 0.15) is 63.0 Å². The first-order valence-electron chi connectivity index (χ1n) is 11.3. The van der Waals surface area contributed by atoms with Gasteiger partial charge in [-0.3, -0.25) is 0 Å². The first-order valence-corrected chi connectivity index (χ1v) is 12.2. The molecule has 5 nitrogen and oxygen atoms in total. The minimum atomic E-state index is -0.0252. The highest BCUT2D eigenvalue weighted by Crippen LogP contribution is 2.36. The predicted octanol–water partition coefficient (Wildman–Crippen LogP) is 5.76. The number of methoxy groups -OCH3 is 1. The minimum absolute atomic E-state index is 0.0252. The van der Waals surface area contributed by atoms with Gasteiger partial charge in [-0.25, -0.2) is 9.97 Å². The van der Waals surface area contributed by atoms with Gasteiger partial charge in [-0.05, 0) is 57.1 Å². The molecule has 1 saturated heterocycles. The molecule has 0 spiro atoms. The molecule has 3 heterocycles. The molecule has 1 aromatic carbocycles. The lowest BCUT2D eigenvalue weighted by Gasteiger charge is -2.23.